The molecule has 9 heteroatoms. The van der Waals surface area contributed by atoms with E-state index >= 15 is 0 Å². The standard InChI is InChI=1S/C20H23N3O5S/c1-14-5-7-15(8-6-14)21-20(25)22-16-9-11-17(12-10-16)29(26,27)23-13-3-4-18(23)19(24)28-2/h5-12,18H,3-4,13H2,1-2H3,(H2,21,22,25)/t18-/m0/s1. The lowest BCUT2D eigenvalue weighted by Gasteiger charge is -2.22. The number of benzene rings is 2. The van der Waals surface area contributed by atoms with Crippen LogP contribution in [-0.4, -0.2) is 44.4 Å². The zero-order valence-electron chi connectivity index (χ0n) is 16.2. The summed E-state index contributed by atoms with van der Waals surface area (Å²) in [6.45, 7) is 2.22. The highest BCUT2D eigenvalue weighted by Gasteiger charge is 2.40. The van der Waals surface area contributed by atoms with Crippen LogP contribution < -0.4 is 10.6 Å². The molecule has 0 bridgehead atoms. The van der Waals surface area contributed by atoms with E-state index in [0.29, 0.717) is 24.2 Å². The number of ether oxygens (including phenoxy) is 1. The summed E-state index contributed by atoms with van der Waals surface area (Å²) in [6.07, 6.45) is 1.03. The molecule has 8 nitrogen and oxygen atoms in total. The summed E-state index contributed by atoms with van der Waals surface area (Å²) in [5.41, 5.74) is 2.18. The van der Waals surface area contributed by atoms with Gasteiger partial charge in [0.05, 0.1) is 12.0 Å². The van der Waals surface area contributed by atoms with Crippen LogP contribution in [0.25, 0.3) is 0 Å². The van der Waals surface area contributed by atoms with Gasteiger partial charge in [-0.15, -0.1) is 0 Å². The fourth-order valence-corrected chi connectivity index (χ4v) is 4.82. The molecule has 2 aromatic rings. The van der Waals surface area contributed by atoms with Crippen LogP contribution in [0.3, 0.4) is 0 Å². The first-order valence-electron chi connectivity index (χ1n) is 9.15. The quantitative estimate of drug-likeness (QED) is 0.728. The minimum atomic E-state index is -3.84. The average molecular weight is 417 g/mol. The molecule has 1 atom stereocenters. The predicted molar refractivity (Wildman–Crippen MR) is 109 cm³/mol. The van der Waals surface area contributed by atoms with E-state index in [9.17, 15) is 18.0 Å². The molecule has 2 amide bonds. The normalized spacial score (nSPS) is 17.0. The van der Waals surface area contributed by atoms with Crippen LogP contribution in [-0.2, 0) is 19.6 Å². The van der Waals surface area contributed by atoms with E-state index < -0.39 is 28.1 Å². The summed E-state index contributed by atoms with van der Waals surface area (Å²) in [5, 5.41) is 5.36. The highest BCUT2D eigenvalue weighted by atomic mass is 32.2. The number of carbonyl (C=O) groups excluding carboxylic acids is 2. The Morgan fingerprint density at radius 3 is 2.10 bits per heavy atom. The van der Waals surface area contributed by atoms with Crippen molar-refractivity contribution in [3.63, 3.8) is 0 Å². The largest absolute Gasteiger partial charge is 0.468 e. The lowest BCUT2D eigenvalue weighted by molar-refractivity contribution is -0.144. The van der Waals surface area contributed by atoms with Gasteiger partial charge in [-0.2, -0.15) is 4.31 Å². The van der Waals surface area contributed by atoms with Crippen LogP contribution in [0.2, 0.25) is 0 Å². The minimum Gasteiger partial charge on any atom is -0.468 e. The molecule has 2 aromatic carbocycles. The maximum atomic E-state index is 12.9. The monoisotopic (exact) mass is 417 g/mol. The highest BCUT2D eigenvalue weighted by molar-refractivity contribution is 7.89. The topological polar surface area (TPSA) is 105 Å². The van der Waals surface area contributed by atoms with Crippen molar-refractivity contribution in [1.82, 2.24) is 4.31 Å². The van der Waals surface area contributed by atoms with Crippen molar-refractivity contribution >= 4 is 33.4 Å². The molecule has 1 fully saturated rings. The van der Waals surface area contributed by atoms with Gasteiger partial charge in [0.1, 0.15) is 6.04 Å². The second kappa shape index (κ2) is 8.62. The van der Waals surface area contributed by atoms with Crippen LogP contribution in [0, 0.1) is 6.92 Å². The summed E-state index contributed by atoms with van der Waals surface area (Å²) >= 11 is 0. The van der Waals surface area contributed by atoms with Crippen molar-refractivity contribution in [2.45, 2.75) is 30.7 Å². The highest BCUT2D eigenvalue weighted by Crippen LogP contribution is 2.27. The number of nitrogens with one attached hydrogen (secondary N) is 2. The summed E-state index contributed by atoms with van der Waals surface area (Å²) in [5.74, 6) is -0.558. The smallest absolute Gasteiger partial charge is 0.324 e. The lowest BCUT2D eigenvalue weighted by atomic mass is 10.2. The van der Waals surface area contributed by atoms with Gasteiger partial charge in [0.25, 0.3) is 0 Å². The van der Waals surface area contributed by atoms with Crippen LogP contribution in [0.1, 0.15) is 18.4 Å². The number of rotatable bonds is 5. The van der Waals surface area contributed by atoms with Gasteiger partial charge in [0.15, 0.2) is 0 Å². The van der Waals surface area contributed by atoms with Crippen LogP contribution in [0.5, 0.6) is 0 Å². The number of anilines is 2. The number of esters is 1. The minimum absolute atomic E-state index is 0.0535. The molecule has 0 unspecified atom stereocenters. The molecular formula is C20H23N3O5S. The van der Waals surface area contributed by atoms with Crippen molar-refractivity contribution in [2.75, 3.05) is 24.3 Å². The Morgan fingerprint density at radius 2 is 1.55 bits per heavy atom. The Kier molecular flexibility index (Phi) is 6.19. The van der Waals surface area contributed by atoms with Gasteiger partial charge in [0, 0.05) is 17.9 Å². The zero-order chi connectivity index (χ0) is 21.0. The molecule has 2 N–H and O–H groups in total. The third-order valence-corrected chi connectivity index (χ3v) is 6.63. The lowest BCUT2D eigenvalue weighted by Crippen LogP contribution is -2.41. The van der Waals surface area contributed by atoms with E-state index in [1.807, 2.05) is 19.1 Å². The number of methoxy groups -OCH3 is 1. The number of carbonyl (C=O) groups is 2. The van der Waals surface area contributed by atoms with Crippen LogP contribution in [0.15, 0.2) is 53.4 Å². The summed E-state index contributed by atoms with van der Waals surface area (Å²) in [6, 6.07) is 11.9. The molecule has 3 rings (SSSR count). The second-order valence-corrected chi connectivity index (χ2v) is 8.66. The number of urea groups is 1. The molecular weight excluding hydrogens is 394 g/mol. The van der Waals surface area contributed by atoms with Crippen molar-refractivity contribution in [3.8, 4) is 0 Å². The van der Waals surface area contributed by atoms with Gasteiger partial charge >= 0.3 is 12.0 Å². The fourth-order valence-electron chi connectivity index (χ4n) is 3.18. The van der Waals surface area contributed by atoms with Crippen molar-refractivity contribution in [2.24, 2.45) is 0 Å². The van der Waals surface area contributed by atoms with Crippen LogP contribution in [0.4, 0.5) is 16.2 Å². The average Bonchev–Trinajstić information content (AvgIpc) is 3.20. The molecule has 0 aromatic heterocycles. The molecule has 1 aliphatic rings. The Balaban J connectivity index is 1.68. The molecule has 1 aliphatic heterocycles. The van der Waals surface area contributed by atoms with Gasteiger partial charge < -0.3 is 15.4 Å². The number of sulfonamides is 1. The molecule has 0 radical (unpaired) electrons. The number of aryl methyl sites for hydroxylation is 1. The van der Waals surface area contributed by atoms with Crippen molar-refractivity contribution in [1.29, 1.82) is 0 Å². The maximum Gasteiger partial charge on any atom is 0.324 e. The van der Waals surface area contributed by atoms with E-state index in [2.05, 4.69) is 10.6 Å². The summed E-state index contributed by atoms with van der Waals surface area (Å²) in [7, 11) is -2.59. The zero-order valence-corrected chi connectivity index (χ0v) is 17.0. The first-order chi connectivity index (χ1) is 13.8. The molecule has 1 heterocycles. The van der Waals surface area contributed by atoms with E-state index in [1.165, 1.54) is 35.7 Å². The number of nitrogens with zero attached hydrogens (tertiary/aromatic N) is 1. The molecule has 29 heavy (non-hydrogen) atoms. The van der Waals surface area contributed by atoms with Gasteiger partial charge in [-0.25, -0.2) is 13.2 Å². The summed E-state index contributed by atoms with van der Waals surface area (Å²) < 4.78 is 31.7. The van der Waals surface area contributed by atoms with E-state index in [-0.39, 0.29) is 11.4 Å². The first-order valence-corrected chi connectivity index (χ1v) is 10.6. The van der Waals surface area contributed by atoms with Gasteiger partial charge in [-0.05, 0) is 56.2 Å². The van der Waals surface area contributed by atoms with Crippen molar-refractivity contribution in [3.05, 3.63) is 54.1 Å². The van der Waals surface area contributed by atoms with E-state index in [4.69, 9.17) is 4.74 Å². The Hall–Kier alpha value is -2.91. The molecule has 0 saturated carbocycles. The molecule has 0 spiro atoms. The Labute approximate surface area is 169 Å². The summed E-state index contributed by atoms with van der Waals surface area (Å²) in [4.78, 5) is 24.0. The molecule has 154 valence electrons. The van der Waals surface area contributed by atoms with Crippen LogP contribution >= 0.6 is 0 Å². The third-order valence-electron chi connectivity index (χ3n) is 4.71. The first kappa shape index (κ1) is 20.8. The van der Waals surface area contributed by atoms with Gasteiger partial charge in [-0.3, -0.25) is 4.79 Å². The van der Waals surface area contributed by atoms with E-state index in [1.54, 1.807) is 12.1 Å². The number of hydrogen-bond acceptors (Lipinski definition) is 5. The Morgan fingerprint density at radius 1 is 1.00 bits per heavy atom. The third kappa shape index (κ3) is 4.75. The predicted octanol–water partition coefficient (Wildman–Crippen LogP) is 2.97. The second-order valence-electron chi connectivity index (χ2n) is 6.77. The number of hydrogen-bond donors (Lipinski definition) is 2. The fraction of sp³-hybridized carbons (Fsp3) is 0.300. The Bertz CT molecular complexity index is 988. The van der Waals surface area contributed by atoms with Gasteiger partial charge in [0.2, 0.25) is 10.0 Å². The maximum absolute atomic E-state index is 12.9. The SMILES string of the molecule is COC(=O)[C@@H]1CCCN1S(=O)(=O)c1ccc(NC(=O)Nc2ccc(C)cc2)cc1. The van der Waals surface area contributed by atoms with Gasteiger partial charge in [-0.1, -0.05) is 17.7 Å². The molecule has 0 aliphatic carbocycles. The van der Waals surface area contributed by atoms with Crippen molar-refractivity contribution < 1.29 is 22.7 Å². The van der Waals surface area contributed by atoms with E-state index in [0.717, 1.165) is 5.56 Å². The molecule has 1 saturated heterocycles. The number of amides is 2.